The van der Waals surface area contributed by atoms with Crippen molar-refractivity contribution in [3.8, 4) is 0 Å². The highest BCUT2D eigenvalue weighted by Crippen LogP contribution is 2.22. The molecule has 0 radical (unpaired) electrons. The minimum absolute atomic E-state index is 0.0145. The summed E-state index contributed by atoms with van der Waals surface area (Å²) >= 11 is 9.35. The van der Waals surface area contributed by atoms with E-state index < -0.39 is 5.50 Å². The molecule has 18 heavy (non-hydrogen) atoms. The van der Waals surface area contributed by atoms with Gasteiger partial charge in [-0.05, 0) is 34.8 Å². The Morgan fingerprint density at radius 3 is 2.89 bits per heavy atom. The summed E-state index contributed by atoms with van der Waals surface area (Å²) in [5.41, 5.74) is -0.107. The Balaban J connectivity index is 2.07. The first-order valence-corrected chi connectivity index (χ1v) is 6.96. The van der Waals surface area contributed by atoms with E-state index in [-0.39, 0.29) is 11.9 Å². The van der Waals surface area contributed by atoms with Crippen molar-refractivity contribution in [2.75, 3.05) is 13.2 Å². The Bertz CT molecular complexity index is 394. The summed E-state index contributed by atoms with van der Waals surface area (Å²) in [6.45, 7) is 1.27. The van der Waals surface area contributed by atoms with E-state index in [1.54, 1.807) is 12.3 Å². The Kier molecular flexibility index (Phi) is 4.66. The van der Waals surface area contributed by atoms with Crippen LogP contribution in [0.25, 0.3) is 0 Å². The molecular formula is C11H15BrClN3O2. The van der Waals surface area contributed by atoms with Crippen LogP contribution in [0.1, 0.15) is 12.8 Å². The van der Waals surface area contributed by atoms with Crippen LogP contribution < -0.4 is 11.2 Å². The van der Waals surface area contributed by atoms with E-state index in [1.807, 2.05) is 0 Å². The number of dihydropyridines is 1. The van der Waals surface area contributed by atoms with Crippen LogP contribution >= 0.6 is 27.5 Å². The molecule has 2 aliphatic heterocycles. The molecule has 0 aromatic carbocycles. The second-order valence-corrected chi connectivity index (χ2v) is 5.57. The molecule has 2 rings (SSSR count). The van der Waals surface area contributed by atoms with Crippen LogP contribution in [0.2, 0.25) is 0 Å². The van der Waals surface area contributed by atoms with Gasteiger partial charge in [0, 0.05) is 23.9 Å². The molecule has 1 atom stereocenters. The number of nitrogens with zero attached hydrogens (tertiary/aromatic N) is 1. The van der Waals surface area contributed by atoms with Gasteiger partial charge in [0.15, 0.2) is 0 Å². The van der Waals surface area contributed by atoms with E-state index in [9.17, 15) is 4.79 Å². The van der Waals surface area contributed by atoms with Crippen LogP contribution in [0, 0.1) is 0 Å². The SMILES string of the molecule is NN(C(=O)C1=CC(Br)=CNC1Cl)C1CCOCC1. The number of carbonyl (C=O) groups is 1. The summed E-state index contributed by atoms with van der Waals surface area (Å²) in [5.74, 6) is 5.65. The maximum atomic E-state index is 12.3. The van der Waals surface area contributed by atoms with Gasteiger partial charge in [-0.25, -0.2) is 5.84 Å². The van der Waals surface area contributed by atoms with E-state index in [4.69, 9.17) is 22.2 Å². The molecule has 7 heteroatoms. The number of allylic oxidation sites excluding steroid dienone is 2. The van der Waals surface area contributed by atoms with Crippen molar-refractivity contribution in [1.82, 2.24) is 10.3 Å². The first kappa shape index (κ1) is 13.9. The number of amides is 1. The van der Waals surface area contributed by atoms with Crippen LogP contribution in [-0.2, 0) is 9.53 Å². The Morgan fingerprint density at radius 2 is 2.22 bits per heavy atom. The summed E-state index contributed by atoms with van der Waals surface area (Å²) in [5, 5.41) is 4.16. The van der Waals surface area contributed by atoms with Crippen molar-refractivity contribution in [1.29, 1.82) is 0 Å². The predicted octanol–water partition coefficient (Wildman–Crippen LogP) is 1.20. The smallest absolute Gasteiger partial charge is 0.267 e. The van der Waals surface area contributed by atoms with Gasteiger partial charge in [-0.15, -0.1) is 0 Å². The number of nitrogens with two attached hydrogens (primary N) is 1. The average Bonchev–Trinajstić information content (AvgIpc) is 2.41. The topological polar surface area (TPSA) is 67.6 Å². The van der Waals surface area contributed by atoms with Gasteiger partial charge in [0.2, 0.25) is 0 Å². The van der Waals surface area contributed by atoms with Gasteiger partial charge in [-0.3, -0.25) is 9.80 Å². The third-order valence-corrected chi connectivity index (χ3v) is 3.82. The minimum Gasteiger partial charge on any atom is -0.381 e. The molecule has 2 heterocycles. The molecule has 3 N–H and O–H groups in total. The molecular weight excluding hydrogens is 321 g/mol. The maximum Gasteiger partial charge on any atom is 0.267 e. The van der Waals surface area contributed by atoms with Crippen molar-refractivity contribution in [2.24, 2.45) is 5.84 Å². The number of hydrazine groups is 1. The van der Waals surface area contributed by atoms with Gasteiger partial charge in [0.25, 0.3) is 5.91 Å². The lowest BCUT2D eigenvalue weighted by atomic mass is 10.1. The van der Waals surface area contributed by atoms with Crippen LogP contribution in [0.5, 0.6) is 0 Å². The summed E-state index contributed by atoms with van der Waals surface area (Å²) in [7, 11) is 0. The van der Waals surface area contributed by atoms with Gasteiger partial charge in [-0.1, -0.05) is 11.6 Å². The van der Waals surface area contributed by atoms with Gasteiger partial charge in [0.1, 0.15) is 5.50 Å². The largest absolute Gasteiger partial charge is 0.381 e. The predicted molar refractivity (Wildman–Crippen MR) is 72.7 cm³/mol. The number of hydrogen-bond acceptors (Lipinski definition) is 4. The van der Waals surface area contributed by atoms with Crippen molar-refractivity contribution >= 4 is 33.4 Å². The molecule has 5 nitrogen and oxygen atoms in total. The highest BCUT2D eigenvalue weighted by atomic mass is 79.9. The number of halogens is 2. The fourth-order valence-corrected chi connectivity index (χ4v) is 2.55. The van der Waals surface area contributed by atoms with E-state index in [1.165, 1.54) is 5.01 Å². The van der Waals surface area contributed by atoms with Crippen LogP contribution in [0.4, 0.5) is 0 Å². The molecule has 0 bridgehead atoms. The molecule has 1 unspecified atom stereocenters. The molecule has 100 valence electrons. The summed E-state index contributed by atoms with van der Waals surface area (Å²) in [4.78, 5) is 12.3. The lowest BCUT2D eigenvalue weighted by molar-refractivity contribution is -0.131. The fraction of sp³-hybridized carbons (Fsp3) is 0.545. The van der Waals surface area contributed by atoms with Crippen molar-refractivity contribution < 1.29 is 9.53 Å². The minimum atomic E-state index is -0.551. The van der Waals surface area contributed by atoms with Crippen molar-refractivity contribution in [3.63, 3.8) is 0 Å². The third kappa shape index (κ3) is 3.06. The van der Waals surface area contributed by atoms with Crippen LogP contribution in [0.15, 0.2) is 22.3 Å². The molecule has 0 aromatic rings. The Hall–Kier alpha value is -0.560. The zero-order valence-electron chi connectivity index (χ0n) is 9.73. The second-order valence-electron chi connectivity index (χ2n) is 4.21. The zero-order chi connectivity index (χ0) is 13.1. The number of carbonyl (C=O) groups excluding carboxylic acids is 1. The maximum absolute atomic E-state index is 12.3. The fourth-order valence-electron chi connectivity index (χ4n) is 1.95. The van der Waals surface area contributed by atoms with Gasteiger partial charge >= 0.3 is 0 Å². The number of alkyl halides is 1. The highest BCUT2D eigenvalue weighted by Gasteiger charge is 2.29. The van der Waals surface area contributed by atoms with Gasteiger partial charge in [-0.2, -0.15) is 0 Å². The molecule has 0 aliphatic carbocycles. The van der Waals surface area contributed by atoms with Crippen molar-refractivity contribution in [3.05, 3.63) is 22.3 Å². The normalized spacial score (nSPS) is 24.9. The lowest BCUT2D eigenvalue weighted by Crippen LogP contribution is -2.50. The molecule has 0 aromatic heterocycles. The van der Waals surface area contributed by atoms with Crippen molar-refractivity contribution in [2.45, 2.75) is 24.4 Å². The standard InChI is InChI=1S/C11H15BrClN3O2/c12-7-5-9(10(13)15-6-7)11(17)16(14)8-1-3-18-4-2-8/h5-6,8,10,15H,1-4,14H2. The monoisotopic (exact) mass is 335 g/mol. The second kappa shape index (κ2) is 6.06. The Labute approximate surface area is 119 Å². The van der Waals surface area contributed by atoms with E-state index >= 15 is 0 Å². The first-order valence-electron chi connectivity index (χ1n) is 5.73. The average molecular weight is 337 g/mol. The van der Waals surface area contributed by atoms with Gasteiger partial charge < -0.3 is 10.1 Å². The first-order chi connectivity index (χ1) is 8.59. The van der Waals surface area contributed by atoms with Gasteiger partial charge in [0.05, 0.1) is 11.6 Å². The molecule has 0 spiro atoms. The highest BCUT2D eigenvalue weighted by molar-refractivity contribution is 9.11. The zero-order valence-corrected chi connectivity index (χ0v) is 12.1. The third-order valence-electron chi connectivity index (χ3n) is 3.00. The molecule has 1 amide bonds. The van der Waals surface area contributed by atoms with E-state index in [0.29, 0.717) is 18.8 Å². The number of ether oxygens (including phenoxy) is 1. The quantitative estimate of drug-likeness (QED) is 0.261. The molecule has 1 fully saturated rings. The van der Waals surface area contributed by atoms with Crippen LogP contribution in [0.3, 0.4) is 0 Å². The number of rotatable bonds is 2. The lowest BCUT2D eigenvalue weighted by Gasteiger charge is -2.32. The Morgan fingerprint density at radius 1 is 1.56 bits per heavy atom. The molecule has 1 saturated heterocycles. The van der Waals surface area contributed by atoms with E-state index in [2.05, 4.69) is 21.2 Å². The summed E-state index contributed by atoms with van der Waals surface area (Å²) < 4.78 is 6.02. The molecule has 2 aliphatic rings. The molecule has 0 saturated carbocycles. The number of hydrogen-bond donors (Lipinski definition) is 2. The van der Waals surface area contributed by atoms with E-state index in [0.717, 1.165) is 17.3 Å². The summed E-state index contributed by atoms with van der Waals surface area (Å²) in [6.07, 6.45) is 4.90. The number of nitrogens with one attached hydrogen (secondary N) is 1. The van der Waals surface area contributed by atoms with Crippen LogP contribution in [-0.4, -0.2) is 35.7 Å². The summed E-state index contributed by atoms with van der Waals surface area (Å²) in [6, 6.07) is 0.0145.